The van der Waals surface area contributed by atoms with Crippen molar-refractivity contribution in [2.24, 2.45) is 4.99 Å². The third-order valence-corrected chi connectivity index (χ3v) is 4.27. The molecule has 152 valence electrons. The second kappa shape index (κ2) is 11.9. The number of hydrogen-bond donors (Lipinski definition) is 2. The maximum absolute atomic E-state index is 5.80. The van der Waals surface area contributed by atoms with Crippen molar-refractivity contribution in [1.29, 1.82) is 0 Å². The maximum atomic E-state index is 5.80. The van der Waals surface area contributed by atoms with Crippen molar-refractivity contribution in [3.8, 4) is 11.5 Å². The summed E-state index contributed by atoms with van der Waals surface area (Å²) in [6, 6.07) is 16.2. The van der Waals surface area contributed by atoms with Gasteiger partial charge >= 0.3 is 0 Å². The van der Waals surface area contributed by atoms with E-state index in [0.29, 0.717) is 13.2 Å². The third-order valence-electron chi connectivity index (χ3n) is 4.27. The third kappa shape index (κ3) is 7.48. The van der Waals surface area contributed by atoms with Gasteiger partial charge in [-0.25, -0.2) is 0 Å². The molecule has 0 radical (unpaired) electrons. The summed E-state index contributed by atoms with van der Waals surface area (Å²) in [5.41, 5.74) is 2.32. The molecule has 0 aliphatic heterocycles. The van der Waals surface area contributed by atoms with Crippen LogP contribution in [0.4, 0.5) is 0 Å². The molecule has 2 aromatic carbocycles. The van der Waals surface area contributed by atoms with Crippen molar-refractivity contribution in [3.05, 3.63) is 59.7 Å². The van der Waals surface area contributed by atoms with Crippen molar-refractivity contribution in [2.75, 3.05) is 47.9 Å². The Kier molecular flexibility index (Phi) is 9.15. The van der Waals surface area contributed by atoms with Gasteiger partial charge in [-0.3, -0.25) is 4.99 Å². The Morgan fingerprint density at radius 1 is 1.07 bits per heavy atom. The zero-order valence-corrected chi connectivity index (χ0v) is 17.4. The molecule has 0 atom stereocenters. The van der Waals surface area contributed by atoms with Gasteiger partial charge in [-0.1, -0.05) is 30.3 Å². The minimum atomic E-state index is 0.677. The highest BCUT2D eigenvalue weighted by Gasteiger charge is 2.03. The molecule has 0 aliphatic rings. The predicted molar refractivity (Wildman–Crippen MR) is 115 cm³/mol. The zero-order valence-electron chi connectivity index (χ0n) is 17.4. The molecule has 0 bridgehead atoms. The minimum absolute atomic E-state index is 0.677. The number of rotatable bonds is 10. The van der Waals surface area contributed by atoms with Gasteiger partial charge < -0.3 is 25.0 Å². The van der Waals surface area contributed by atoms with E-state index in [2.05, 4.69) is 38.7 Å². The van der Waals surface area contributed by atoms with Crippen LogP contribution in [0.15, 0.2) is 53.5 Å². The molecule has 2 rings (SSSR count). The van der Waals surface area contributed by atoms with Crippen LogP contribution in [0.25, 0.3) is 0 Å². The van der Waals surface area contributed by atoms with Crippen LogP contribution < -0.4 is 20.1 Å². The van der Waals surface area contributed by atoms with E-state index >= 15 is 0 Å². The summed E-state index contributed by atoms with van der Waals surface area (Å²) < 4.78 is 11.2. The average molecular weight is 385 g/mol. The molecule has 0 amide bonds. The molecular weight excluding hydrogens is 352 g/mol. The summed E-state index contributed by atoms with van der Waals surface area (Å²) in [5, 5.41) is 6.69. The van der Waals surface area contributed by atoms with Gasteiger partial charge in [-0.15, -0.1) is 0 Å². The smallest absolute Gasteiger partial charge is 0.191 e. The molecule has 0 fully saturated rings. The van der Waals surface area contributed by atoms with Crippen LogP contribution in [-0.4, -0.2) is 58.8 Å². The van der Waals surface area contributed by atoms with Gasteiger partial charge in [-0.05, 0) is 49.8 Å². The lowest BCUT2D eigenvalue weighted by molar-refractivity contribution is 0.261. The van der Waals surface area contributed by atoms with E-state index in [1.807, 2.05) is 44.4 Å². The van der Waals surface area contributed by atoms with E-state index in [1.165, 1.54) is 5.56 Å². The van der Waals surface area contributed by atoms with Crippen molar-refractivity contribution in [2.45, 2.75) is 13.0 Å². The van der Waals surface area contributed by atoms with Crippen molar-refractivity contribution in [1.82, 2.24) is 15.5 Å². The number of likely N-dealkylation sites (N-methyl/N-ethyl adjacent to an activating group) is 1. The van der Waals surface area contributed by atoms with Gasteiger partial charge in [-0.2, -0.15) is 0 Å². The first-order chi connectivity index (χ1) is 13.6. The lowest BCUT2D eigenvalue weighted by atomic mass is 10.1. The molecule has 6 nitrogen and oxygen atoms in total. The minimum Gasteiger partial charge on any atom is -0.496 e. The highest BCUT2D eigenvalue weighted by Crippen LogP contribution is 2.17. The van der Waals surface area contributed by atoms with Gasteiger partial charge in [0.1, 0.15) is 18.1 Å². The van der Waals surface area contributed by atoms with Crippen LogP contribution in [0.2, 0.25) is 0 Å². The van der Waals surface area contributed by atoms with Crippen LogP contribution in [0.3, 0.4) is 0 Å². The normalized spacial score (nSPS) is 11.4. The number of nitrogens with zero attached hydrogens (tertiary/aromatic N) is 2. The summed E-state index contributed by atoms with van der Waals surface area (Å²) in [6.07, 6.45) is 0.861. The second-order valence-electron chi connectivity index (χ2n) is 6.71. The number of hydrogen-bond acceptors (Lipinski definition) is 4. The molecule has 6 heteroatoms. The number of methoxy groups -OCH3 is 1. The predicted octanol–water partition coefficient (Wildman–Crippen LogP) is 2.54. The Hall–Kier alpha value is -2.73. The van der Waals surface area contributed by atoms with E-state index in [-0.39, 0.29) is 0 Å². The molecule has 0 saturated carbocycles. The highest BCUT2D eigenvalue weighted by atomic mass is 16.5. The van der Waals surface area contributed by atoms with E-state index in [0.717, 1.165) is 42.5 Å². The number of benzene rings is 2. The summed E-state index contributed by atoms with van der Waals surface area (Å²) in [6.45, 7) is 3.02. The average Bonchev–Trinajstić information content (AvgIpc) is 2.71. The number of nitrogens with one attached hydrogen (secondary N) is 2. The van der Waals surface area contributed by atoms with Crippen LogP contribution in [0.1, 0.15) is 11.1 Å². The molecule has 0 unspecified atom stereocenters. The summed E-state index contributed by atoms with van der Waals surface area (Å²) >= 11 is 0. The summed E-state index contributed by atoms with van der Waals surface area (Å²) in [4.78, 5) is 6.40. The van der Waals surface area contributed by atoms with Crippen LogP contribution in [0, 0.1) is 0 Å². The first-order valence-corrected chi connectivity index (χ1v) is 9.55. The highest BCUT2D eigenvalue weighted by molar-refractivity contribution is 5.79. The van der Waals surface area contributed by atoms with E-state index in [4.69, 9.17) is 9.47 Å². The van der Waals surface area contributed by atoms with E-state index in [1.54, 1.807) is 14.2 Å². The van der Waals surface area contributed by atoms with Crippen molar-refractivity contribution < 1.29 is 9.47 Å². The van der Waals surface area contributed by atoms with Crippen molar-refractivity contribution >= 4 is 5.96 Å². The van der Waals surface area contributed by atoms with Gasteiger partial charge in [0.15, 0.2) is 5.96 Å². The molecule has 2 N–H and O–H groups in total. The van der Waals surface area contributed by atoms with Crippen molar-refractivity contribution in [3.63, 3.8) is 0 Å². The topological polar surface area (TPSA) is 58.1 Å². The van der Waals surface area contributed by atoms with Gasteiger partial charge in [0.2, 0.25) is 0 Å². The monoisotopic (exact) mass is 384 g/mol. The molecule has 0 aliphatic carbocycles. The molecule has 0 saturated heterocycles. The Morgan fingerprint density at radius 3 is 2.64 bits per heavy atom. The fraction of sp³-hybridized carbons (Fsp3) is 0.409. The molecule has 28 heavy (non-hydrogen) atoms. The standard InChI is InChI=1S/C22H32N4O2/c1-23-22(24-13-12-19-9-5-6-11-21(19)27-4)25-17-18-8-7-10-20(16-18)28-15-14-26(2)3/h5-11,16H,12-15,17H2,1-4H3,(H2,23,24,25). The quantitative estimate of drug-likeness (QED) is 0.487. The van der Waals surface area contributed by atoms with Crippen LogP contribution in [0.5, 0.6) is 11.5 Å². The number of ether oxygens (including phenoxy) is 2. The van der Waals surface area contributed by atoms with Gasteiger partial charge in [0, 0.05) is 26.7 Å². The van der Waals surface area contributed by atoms with Crippen LogP contribution in [-0.2, 0) is 13.0 Å². The van der Waals surface area contributed by atoms with E-state index < -0.39 is 0 Å². The fourth-order valence-corrected chi connectivity index (χ4v) is 2.72. The second-order valence-corrected chi connectivity index (χ2v) is 6.71. The Labute approximate surface area is 168 Å². The Morgan fingerprint density at radius 2 is 1.89 bits per heavy atom. The number of para-hydroxylation sites is 1. The fourth-order valence-electron chi connectivity index (χ4n) is 2.72. The van der Waals surface area contributed by atoms with Gasteiger partial charge in [0.25, 0.3) is 0 Å². The molecule has 0 heterocycles. The first kappa shape index (κ1) is 21.6. The molecule has 0 aromatic heterocycles. The maximum Gasteiger partial charge on any atom is 0.191 e. The lowest BCUT2D eigenvalue weighted by Gasteiger charge is -2.14. The molecule has 2 aromatic rings. The summed E-state index contributed by atoms with van der Waals surface area (Å²) in [5.74, 6) is 2.58. The zero-order chi connectivity index (χ0) is 20.2. The molecule has 0 spiro atoms. The Balaban J connectivity index is 1.79. The number of aliphatic imine (C=N–C) groups is 1. The Bertz CT molecular complexity index is 747. The SMILES string of the molecule is CN=C(NCCc1ccccc1OC)NCc1cccc(OCCN(C)C)c1. The van der Waals surface area contributed by atoms with Crippen LogP contribution >= 0.6 is 0 Å². The van der Waals surface area contributed by atoms with Gasteiger partial charge in [0.05, 0.1) is 7.11 Å². The first-order valence-electron chi connectivity index (χ1n) is 9.55. The van der Waals surface area contributed by atoms with E-state index in [9.17, 15) is 0 Å². The summed E-state index contributed by atoms with van der Waals surface area (Å²) in [7, 11) is 7.55. The lowest BCUT2D eigenvalue weighted by Crippen LogP contribution is -2.37. The molecular formula is C22H32N4O2. The largest absolute Gasteiger partial charge is 0.496 e. The number of guanidine groups is 1.